The molecule has 0 aliphatic carbocycles. The number of hydrogen-bond donors (Lipinski definition) is 2. The molecule has 7 heteroatoms. The molecule has 2 N–H and O–H groups in total. The largest absolute Gasteiger partial charge is 0.488 e. The van der Waals surface area contributed by atoms with Crippen molar-refractivity contribution in [3.05, 3.63) is 60.0 Å². The summed E-state index contributed by atoms with van der Waals surface area (Å²) in [7, 11) is 0. The van der Waals surface area contributed by atoms with E-state index in [1.807, 2.05) is 27.7 Å². The second-order valence-electron chi connectivity index (χ2n) is 7.18. The molecule has 30 heavy (non-hydrogen) atoms. The zero-order chi connectivity index (χ0) is 22.3. The molecule has 3 rings (SSSR count). The minimum absolute atomic E-state index is 0.0443. The van der Waals surface area contributed by atoms with Gasteiger partial charge in [-0.1, -0.05) is 13.8 Å². The molecule has 7 nitrogen and oxygen atoms in total. The minimum Gasteiger partial charge on any atom is -0.488 e. The summed E-state index contributed by atoms with van der Waals surface area (Å²) in [4.78, 5) is 28.2. The first-order valence-corrected chi connectivity index (χ1v) is 9.98. The Bertz CT molecular complexity index is 1010. The van der Waals surface area contributed by atoms with Gasteiger partial charge in [-0.25, -0.2) is 4.98 Å². The number of aliphatic hydroxyl groups excluding tert-OH is 1. The van der Waals surface area contributed by atoms with E-state index in [9.17, 15) is 9.59 Å². The number of amides is 1. The molecule has 0 saturated heterocycles. The third-order valence-corrected chi connectivity index (χ3v) is 4.29. The van der Waals surface area contributed by atoms with Crippen LogP contribution in [0, 0.1) is 0 Å². The number of nitrogens with one attached hydrogen (secondary N) is 1. The summed E-state index contributed by atoms with van der Waals surface area (Å²) in [6.07, 6.45) is 3.85. The van der Waals surface area contributed by atoms with Crippen LogP contribution in [0.15, 0.2) is 48.8 Å². The number of rotatable bonds is 7. The van der Waals surface area contributed by atoms with Gasteiger partial charge in [-0.15, -0.1) is 0 Å². The number of ether oxygens (including phenoxy) is 1. The van der Waals surface area contributed by atoms with E-state index >= 15 is 0 Å². The van der Waals surface area contributed by atoms with Gasteiger partial charge in [0.05, 0.1) is 5.69 Å². The van der Waals surface area contributed by atoms with E-state index in [0.29, 0.717) is 34.8 Å². The van der Waals surface area contributed by atoms with Crippen LogP contribution in [0.3, 0.4) is 0 Å². The van der Waals surface area contributed by atoms with Gasteiger partial charge in [0.2, 0.25) is 0 Å². The van der Waals surface area contributed by atoms with E-state index < -0.39 is 5.60 Å². The van der Waals surface area contributed by atoms with Crippen molar-refractivity contribution in [2.45, 2.75) is 46.6 Å². The zero-order valence-corrected chi connectivity index (χ0v) is 18.1. The zero-order valence-electron chi connectivity index (χ0n) is 18.1. The van der Waals surface area contributed by atoms with Crippen molar-refractivity contribution in [2.75, 3.05) is 11.9 Å². The molecule has 0 fully saturated rings. The van der Waals surface area contributed by atoms with Gasteiger partial charge in [-0.2, -0.15) is 0 Å². The Morgan fingerprint density at radius 3 is 2.37 bits per heavy atom. The van der Waals surface area contributed by atoms with Gasteiger partial charge in [0.1, 0.15) is 22.7 Å². The Morgan fingerprint density at radius 1 is 1.10 bits per heavy atom. The molecule has 0 saturated carbocycles. The first-order chi connectivity index (χ1) is 14.3. The highest BCUT2D eigenvalue weighted by atomic mass is 16.5. The third-order valence-electron chi connectivity index (χ3n) is 4.29. The molecule has 0 bridgehead atoms. The van der Waals surface area contributed by atoms with Crippen molar-refractivity contribution in [3.63, 3.8) is 0 Å². The maximum Gasteiger partial charge on any atom is 0.255 e. The lowest BCUT2D eigenvalue weighted by Crippen LogP contribution is -2.29. The molecule has 0 radical (unpaired) electrons. The predicted octanol–water partition coefficient (Wildman–Crippen LogP) is 4.36. The Hall–Kier alpha value is -3.19. The molecule has 2 heterocycles. The van der Waals surface area contributed by atoms with Crippen LogP contribution in [-0.4, -0.2) is 38.4 Å². The van der Waals surface area contributed by atoms with Gasteiger partial charge in [0.25, 0.3) is 5.91 Å². The van der Waals surface area contributed by atoms with Crippen LogP contribution in [0.2, 0.25) is 0 Å². The average molecular weight is 412 g/mol. The molecule has 0 aliphatic heterocycles. The van der Waals surface area contributed by atoms with Crippen LogP contribution in [0.25, 0.3) is 5.65 Å². The maximum absolute atomic E-state index is 12.5. The van der Waals surface area contributed by atoms with Crippen molar-refractivity contribution in [1.29, 1.82) is 0 Å². The summed E-state index contributed by atoms with van der Waals surface area (Å²) in [5, 5.41) is 11.9. The van der Waals surface area contributed by atoms with Crippen molar-refractivity contribution in [2.24, 2.45) is 0 Å². The monoisotopic (exact) mass is 411 g/mol. The van der Waals surface area contributed by atoms with E-state index in [1.165, 1.54) is 6.92 Å². The van der Waals surface area contributed by atoms with E-state index in [-0.39, 0.29) is 18.3 Å². The van der Waals surface area contributed by atoms with Crippen LogP contribution in [0.4, 0.5) is 5.69 Å². The van der Waals surface area contributed by atoms with Gasteiger partial charge >= 0.3 is 0 Å². The average Bonchev–Trinajstić information content (AvgIpc) is 3.13. The molecule has 0 aliphatic rings. The molecular weight excluding hydrogens is 382 g/mol. The molecule has 160 valence electrons. The number of pyridine rings is 1. The normalized spacial score (nSPS) is 10.9. The van der Waals surface area contributed by atoms with E-state index in [1.54, 1.807) is 53.2 Å². The predicted molar refractivity (Wildman–Crippen MR) is 117 cm³/mol. The second-order valence-corrected chi connectivity index (χ2v) is 7.18. The van der Waals surface area contributed by atoms with Crippen LogP contribution < -0.4 is 10.1 Å². The number of aromatic nitrogens is 2. The highest BCUT2D eigenvalue weighted by Gasteiger charge is 2.19. The summed E-state index contributed by atoms with van der Waals surface area (Å²) in [6.45, 7) is 9.30. The fraction of sp³-hybridized carbons (Fsp3) is 0.348. The summed E-state index contributed by atoms with van der Waals surface area (Å²) >= 11 is 0. The molecular formula is C23H29N3O4. The van der Waals surface area contributed by atoms with Gasteiger partial charge in [0, 0.05) is 37.9 Å². The molecule has 0 unspecified atom stereocenters. The fourth-order valence-electron chi connectivity index (χ4n) is 2.75. The number of hydrogen-bond acceptors (Lipinski definition) is 5. The topological polar surface area (TPSA) is 92.9 Å². The number of Topliss-reactive ketones (excluding diaryl/α,β-unsaturated/α-hetero) is 1. The van der Waals surface area contributed by atoms with Crippen LogP contribution in [0.1, 0.15) is 61.9 Å². The number of fused-ring (bicyclic) bond motifs is 1. The van der Waals surface area contributed by atoms with Crippen molar-refractivity contribution in [3.8, 4) is 5.75 Å². The molecule has 1 amide bonds. The summed E-state index contributed by atoms with van der Waals surface area (Å²) in [6, 6.07) is 10.3. The van der Waals surface area contributed by atoms with Gasteiger partial charge in [-0.05, 0) is 50.2 Å². The standard InChI is InChI=1S/C21H23N3O4.C2H6/c1-14(26)18-13-24-12-16(6-9-19(24)23-18)22-20(27)15-4-7-17(8-5-15)28-21(2,3)10-11-25;1-2/h4-9,12-13,25H,10-11H2,1-3H3,(H,22,27);1-2H3. The highest BCUT2D eigenvalue weighted by molar-refractivity contribution is 6.04. The molecule has 1 aromatic carbocycles. The Labute approximate surface area is 176 Å². The summed E-state index contributed by atoms with van der Waals surface area (Å²) in [5.41, 5.74) is 1.60. The minimum atomic E-state index is -0.489. The lowest BCUT2D eigenvalue weighted by atomic mass is 10.1. The van der Waals surface area contributed by atoms with Crippen molar-refractivity contribution < 1.29 is 19.4 Å². The van der Waals surface area contributed by atoms with Crippen LogP contribution >= 0.6 is 0 Å². The van der Waals surface area contributed by atoms with E-state index in [4.69, 9.17) is 9.84 Å². The van der Waals surface area contributed by atoms with E-state index in [2.05, 4.69) is 10.3 Å². The van der Waals surface area contributed by atoms with Gasteiger partial charge < -0.3 is 19.6 Å². The quantitative estimate of drug-likeness (QED) is 0.564. The number of imidazole rings is 1. The fourth-order valence-corrected chi connectivity index (χ4v) is 2.75. The Balaban J connectivity index is 0.00000155. The number of nitrogens with zero attached hydrogens (tertiary/aromatic N) is 2. The Morgan fingerprint density at radius 2 is 1.77 bits per heavy atom. The third kappa shape index (κ3) is 5.90. The Kier molecular flexibility index (Phi) is 7.72. The number of anilines is 1. The van der Waals surface area contributed by atoms with Crippen molar-refractivity contribution >= 4 is 23.0 Å². The highest BCUT2D eigenvalue weighted by Crippen LogP contribution is 2.22. The lowest BCUT2D eigenvalue weighted by Gasteiger charge is -2.25. The first kappa shape index (κ1) is 23.1. The SMILES string of the molecule is CC.CC(=O)c1cn2cc(NC(=O)c3ccc(OC(C)(C)CCO)cc3)ccc2n1. The summed E-state index contributed by atoms with van der Waals surface area (Å²) in [5.74, 6) is 0.262. The molecule has 2 aromatic heterocycles. The number of carbonyl (C=O) groups excluding carboxylic acids is 2. The van der Waals surface area contributed by atoms with Gasteiger partial charge in [-0.3, -0.25) is 9.59 Å². The van der Waals surface area contributed by atoms with E-state index in [0.717, 1.165) is 0 Å². The smallest absolute Gasteiger partial charge is 0.255 e. The first-order valence-electron chi connectivity index (χ1n) is 9.98. The van der Waals surface area contributed by atoms with Crippen molar-refractivity contribution in [1.82, 2.24) is 9.38 Å². The number of ketones is 1. The second kappa shape index (κ2) is 10.0. The molecule has 0 spiro atoms. The number of carbonyl (C=O) groups is 2. The molecule has 3 aromatic rings. The van der Waals surface area contributed by atoms with Crippen LogP contribution in [0.5, 0.6) is 5.75 Å². The summed E-state index contributed by atoms with van der Waals surface area (Å²) < 4.78 is 7.54. The van der Waals surface area contributed by atoms with Gasteiger partial charge in [0.15, 0.2) is 5.78 Å². The van der Waals surface area contributed by atoms with Crippen LogP contribution in [-0.2, 0) is 0 Å². The maximum atomic E-state index is 12.5. The molecule has 0 atom stereocenters. The lowest BCUT2D eigenvalue weighted by molar-refractivity contribution is 0.0765. The number of aliphatic hydroxyl groups is 1. The number of benzene rings is 1.